The number of alkyl halides is 3. The van der Waals surface area contributed by atoms with E-state index in [0.717, 1.165) is 27.2 Å². The van der Waals surface area contributed by atoms with E-state index >= 15 is 0 Å². The van der Waals surface area contributed by atoms with Gasteiger partial charge < -0.3 is 0 Å². The molecule has 4 rings (SSSR count). The third-order valence-electron chi connectivity index (χ3n) is 3.98. The molecule has 0 aliphatic carbocycles. The van der Waals surface area contributed by atoms with Crippen LogP contribution >= 0.6 is 11.3 Å². The second kappa shape index (κ2) is 6.25. The third-order valence-corrected chi connectivity index (χ3v) is 4.97. The van der Waals surface area contributed by atoms with Gasteiger partial charge in [-0.1, -0.05) is 18.2 Å². The van der Waals surface area contributed by atoms with Gasteiger partial charge in [-0.05, 0) is 35.9 Å². The van der Waals surface area contributed by atoms with E-state index in [4.69, 9.17) is 0 Å². The van der Waals surface area contributed by atoms with Crippen molar-refractivity contribution >= 4 is 16.3 Å². The van der Waals surface area contributed by atoms with E-state index in [9.17, 15) is 17.6 Å². The molecule has 132 valence electrons. The fraction of sp³-hybridized carbons (Fsp3) is 0.105. The number of hydrogen-bond acceptors (Lipinski definition) is 2. The van der Waals surface area contributed by atoms with Crippen molar-refractivity contribution in [3.63, 3.8) is 0 Å². The molecule has 0 aliphatic heterocycles. The lowest BCUT2D eigenvalue weighted by Gasteiger charge is -2.07. The van der Waals surface area contributed by atoms with Crippen molar-refractivity contribution in [2.24, 2.45) is 0 Å². The molecule has 0 aliphatic rings. The Bertz CT molecular complexity index is 1030. The highest BCUT2D eigenvalue weighted by atomic mass is 32.1. The zero-order valence-electron chi connectivity index (χ0n) is 13.3. The summed E-state index contributed by atoms with van der Waals surface area (Å²) in [5, 5.41) is 0. The molecule has 0 atom stereocenters. The predicted molar refractivity (Wildman–Crippen MR) is 92.7 cm³/mol. The first kappa shape index (κ1) is 16.8. The van der Waals surface area contributed by atoms with Gasteiger partial charge in [-0.3, -0.25) is 4.40 Å². The van der Waals surface area contributed by atoms with Crippen LogP contribution in [0.2, 0.25) is 0 Å². The van der Waals surface area contributed by atoms with E-state index in [-0.39, 0.29) is 5.82 Å². The number of thiazole rings is 1. The van der Waals surface area contributed by atoms with Crippen molar-refractivity contribution in [3.05, 3.63) is 82.7 Å². The highest BCUT2D eigenvalue weighted by Crippen LogP contribution is 2.31. The van der Waals surface area contributed by atoms with Crippen molar-refractivity contribution < 1.29 is 17.6 Å². The van der Waals surface area contributed by atoms with E-state index < -0.39 is 11.7 Å². The summed E-state index contributed by atoms with van der Waals surface area (Å²) in [5.41, 5.74) is 1.49. The Labute approximate surface area is 150 Å². The number of halogens is 4. The Balaban J connectivity index is 1.59. The second-order valence-corrected chi connectivity index (χ2v) is 6.99. The van der Waals surface area contributed by atoms with E-state index in [1.807, 2.05) is 16.8 Å². The number of imidazole rings is 1. The van der Waals surface area contributed by atoms with Crippen LogP contribution in [0.15, 0.2) is 60.9 Å². The number of benzene rings is 2. The molecule has 0 unspecified atom stereocenters. The number of rotatable bonds is 3. The van der Waals surface area contributed by atoms with Gasteiger partial charge in [0.05, 0.1) is 11.3 Å². The summed E-state index contributed by atoms with van der Waals surface area (Å²) < 4.78 is 53.3. The maximum atomic E-state index is 13.0. The molecule has 26 heavy (non-hydrogen) atoms. The molecule has 2 heterocycles. The molecule has 0 spiro atoms. The van der Waals surface area contributed by atoms with Crippen LogP contribution in [-0.2, 0) is 12.6 Å². The Morgan fingerprint density at radius 2 is 1.77 bits per heavy atom. The smallest absolute Gasteiger partial charge is 0.297 e. The summed E-state index contributed by atoms with van der Waals surface area (Å²) in [4.78, 5) is 6.17. The van der Waals surface area contributed by atoms with E-state index in [1.54, 1.807) is 18.2 Å². The molecule has 0 saturated carbocycles. The summed E-state index contributed by atoms with van der Waals surface area (Å²) in [5.74, 6) is -0.307. The zero-order chi connectivity index (χ0) is 18.3. The molecule has 2 aromatic carbocycles. The van der Waals surface area contributed by atoms with Crippen LogP contribution < -0.4 is 0 Å². The van der Waals surface area contributed by atoms with Crippen molar-refractivity contribution in [1.82, 2.24) is 9.38 Å². The SMILES string of the molecule is Fc1ccc(-c2cn3cc(Cc4cccc(C(F)(F)F)c4)sc3n2)cc1. The normalized spacial score (nSPS) is 12.0. The van der Waals surface area contributed by atoms with Crippen molar-refractivity contribution in [2.75, 3.05) is 0 Å². The van der Waals surface area contributed by atoms with Crippen LogP contribution in [0.3, 0.4) is 0 Å². The number of nitrogens with zero attached hydrogens (tertiary/aromatic N) is 2. The van der Waals surface area contributed by atoms with Gasteiger partial charge >= 0.3 is 6.18 Å². The van der Waals surface area contributed by atoms with Gasteiger partial charge in [0.25, 0.3) is 0 Å². The Morgan fingerprint density at radius 3 is 2.46 bits per heavy atom. The monoisotopic (exact) mass is 376 g/mol. The summed E-state index contributed by atoms with van der Waals surface area (Å²) in [7, 11) is 0. The summed E-state index contributed by atoms with van der Waals surface area (Å²) in [6, 6.07) is 11.4. The van der Waals surface area contributed by atoms with E-state index in [1.165, 1.54) is 35.6 Å². The third kappa shape index (κ3) is 3.35. The molecule has 0 fully saturated rings. The van der Waals surface area contributed by atoms with Gasteiger partial charge in [0.1, 0.15) is 5.82 Å². The molecule has 0 radical (unpaired) electrons. The first-order valence-corrected chi connectivity index (χ1v) is 8.60. The topological polar surface area (TPSA) is 17.3 Å². The van der Waals surface area contributed by atoms with Crippen molar-refractivity contribution in [3.8, 4) is 11.3 Å². The standard InChI is InChI=1S/C19H12F4N2S/c20-15-6-4-13(5-7-15)17-11-25-10-16(26-18(25)24-17)9-12-2-1-3-14(8-12)19(21,22)23/h1-8,10-11H,9H2. The zero-order valence-corrected chi connectivity index (χ0v) is 14.1. The van der Waals surface area contributed by atoms with Gasteiger partial charge in [-0.2, -0.15) is 13.2 Å². The average molecular weight is 376 g/mol. The minimum atomic E-state index is -4.34. The molecule has 2 aromatic heterocycles. The van der Waals surface area contributed by atoms with Crippen molar-refractivity contribution in [1.29, 1.82) is 0 Å². The largest absolute Gasteiger partial charge is 0.416 e. The first-order valence-electron chi connectivity index (χ1n) is 7.78. The molecular weight excluding hydrogens is 364 g/mol. The fourth-order valence-electron chi connectivity index (χ4n) is 2.74. The fourth-order valence-corrected chi connectivity index (χ4v) is 3.74. The number of aromatic nitrogens is 2. The number of hydrogen-bond donors (Lipinski definition) is 0. The van der Waals surface area contributed by atoms with Crippen LogP contribution in [0.25, 0.3) is 16.2 Å². The molecule has 2 nitrogen and oxygen atoms in total. The molecule has 7 heteroatoms. The van der Waals surface area contributed by atoms with Crippen molar-refractivity contribution in [2.45, 2.75) is 12.6 Å². The lowest BCUT2D eigenvalue weighted by atomic mass is 10.1. The summed E-state index contributed by atoms with van der Waals surface area (Å²) in [6.07, 6.45) is -0.247. The van der Waals surface area contributed by atoms with Gasteiger partial charge in [0, 0.05) is 29.3 Å². The van der Waals surface area contributed by atoms with Crippen LogP contribution in [0.5, 0.6) is 0 Å². The molecule has 0 saturated heterocycles. The second-order valence-electron chi connectivity index (χ2n) is 5.90. The van der Waals surface area contributed by atoms with E-state index in [0.29, 0.717) is 12.0 Å². The maximum absolute atomic E-state index is 13.0. The minimum absolute atomic E-state index is 0.307. The van der Waals surface area contributed by atoms with Crippen LogP contribution in [0.1, 0.15) is 16.0 Å². The lowest BCUT2D eigenvalue weighted by molar-refractivity contribution is -0.137. The first-order chi connectivity index (χ1) is 12.4. The average Bonchev–Trinajstić information content (AvgIpc) is 3.13. The van der Waals surface area contributed by atoms with E-state index in [2.05, 4.69) is 4.98 Å². The van der Waals surface area contributed by atoms with Gasteiger partial charge in [-0.15, -0.1) is 11.3 Å². The Morgan fingerprint density at radius 1 is 1.00 bits per heavy atom. The lowest BCUT2D eigenvalue weighted by Crippen LogP contribution is -2.05. The highest BCUT2D eigenvalue weighted by Gasteiger charge is 2.30. The summed E-state index contributed by atoms with van der Waals surface area (Å²) >= 11 is 1.42. The van der Waals surface area contributed by atoms with Crippen LogP contribution in [0, 0.1) is 5.82 Å². The van der Waals surface area contributed by atoms with Gasteiger partial charge in [0.15, 0.2) is 4.96 Å². The molecular formula is C19H12F4N2S. The van der Waals surface area contributed by atoms with Crippen LogP contribution in [0.4, 0.5) is 17.6 Å². The Kier molecular flexibility index (Phi) is 4.03. The number of fused-ring (bicyclic) bond motifs is 1. The predicted octanol–water partition coefficient (Wildman–Crippen LogP) is 5.81. The molecule has 4 aromatic rings. The van der Waals surface area contributed by atoms with Crippen LogP contribution in [-0.4, -0.2) is 9.38 Å². The Hall–Kier alpha value is -2.67. The minimum Gasteiger partial charge on any atom is -0.297 e. The molecule has 0 bridgehead atoms. The molecule has 0 amide bonds. The van der Waals surface area contributed by atoms with Gasteiger partial charge in [-0.25, -0.2) is 9.37 Å². The maximum Gasteiger partial charge on any atom is 0.416 e. The summed E-state index contributed by atoms with van der Waals surface area (Å²) in [6.45, 7) is 0. The van der Waals surface area contributed by atoms with Gasteiger partial charge in [0.2, 0.25) is 0 Å². The highest BCUT2D eigenvalue weighted by molar-refractivity contribution is 7.17. The molecule has 0 N–H and O–H groups in total. The quantitative estimate of drug-likeness (QED) is 0.412.